The van der Waals surface area contributed by atoms with E-state index in [-0.39, 0.29) is 12.4 Å². The summed E-state index contributed by atoms with van der Waals surface area (Å²) in [6.07, 6.45) is 1.04. The number of ketones is 1. The number of carbonyl (C=O) groups excluding carboxylic acids is 2. The van der Waals surface area contributed by atoms with E-state index in [2.05, 4.69) is 6.07 Å². The van der Waals surface area contributed by atoms with Crippen LogP contribution in [-0.2, 0) is 20.7 Å². The Morgan fingerprint density at radius 2 is 1.79 bits per heavy atom. The molecule has 1 aliphatic rings. The van der Waals surface area contributed by atoms with Crippen LogP contribution < -0.4 is 4.74 Å². The van der Waals surface area contributed by atoms with Crippen molar-refractivity contribution in [3.63, 3.8) is 0 Å². The van der Waals surface area contributed by atoms with Crippen LogP contribution in [0.2, 0.25) is 0 Å². The molecule has 0 radical (unpaired) electrons. The van der Waals surface area contributed by atoms with E-state index in [4.69, 9.17) is 9.47 Å². The number of fused-ring (bicyclic) bond motifs is 1. The minimum atomic E-state index is -0.779. The van der Waals surface area contributed by atoms with Crippen molar-refractivity contribution in [1.29, 1.82) is 0 Å². The summed E-state index contributed by atoms with van der Waals surface area (Å²) in [6, 6.07) is 13.7. The molecular formula is C20H20O4. The second-order valence-electron chi connectivity index (χ2n) is 5.79. The summed E-state index contributed by atoms with van der Waals surface area (Å²) in [6.45, 7) is 2.03. The average Bonchev–Trinajstić information content (AvgIpc) is 2.61. The van der Waals surface area contributed by atoms with Crippen LogP contribution in [0.1, 0.15) is 30.4 Å². The molecule has 4 heteroatoms. The van der Waals surface area contributed by atoms with Crippen LogP contribution in [0.5, 0.6) is 5.75 Å². The van der Waals surface area contributed by atoms with Crippen molar-refractivity contribution < 1.29 is 19.1 Å². The number of ether oxygens (including phenoxy) is 2. The molecule has 0 amide bonds. The zero-order valence-corrected chi connectivity index (χ0v) is 13.9. The number of rotatable bonds is 4. The monoisotopic (exact) mass is 324 g/mol. The summed E-state index contributed by atoms with van der Waals surface area (Å²) in [5.74, 6) is -0.470. The van der Waals surface area contributed by atoms with Crippen LogP contribution in [0.3, 0.4) is 0 Å². The fraction of sp³-hybridized carbons (Fsp3) is 0.300. The molecule has 2 aromatic carbocycles. The first-order valence-corrected chi connectivity index (χ1v) is 8.10. The van der Waals surface area contributed by atoms with Gasteiger partial charge < -0.3 is 9.47 Å². The van der Waals surface area contributed by atoms with E-state index in [1.165, 1.54) is 0 Å². The number of benzene rings is 2. The normalized spacial score (nSPS) is 16.4. The predicted octanol–water partition coefficient (Wildman–Crippen LogP) is 3.52. The third kappa shape index (κ3) is 3.04. The van der Waals surface area contributed by atoms with E-state index in [1.54, 1.807) is 14.0 Å². The van der Waals surface area contributed by atoms with Crippen molar-refractivity contribution >= 4 is 11.8 Å². The van der Waals surface area contributed by atoms with Gasteiger partial charge in [0.05, 0.1) is 13.7 Å². The molecule has 2 aromatic rings. The standard InChI is InChI=1S/C20H20O4/c1-3-24-20(22)19-17-10-6-14(12-15(17)7-11-18(19)21)13-4-8-16(23-2)9-5-13/h4-6,8-10,12,19H,3,7,11H2,1-2H3. The first-order chi connectivity index (χ1) is 11.6. The molecule has 1 unspecified atom stereocenters. The van der Waals surface area contributed by atoms with E-state index in [0.29, 0.717) is 12.8 Å². The second-order valence-corrected chi connectivity index (χ2v) is 5.79. The van der Waals surface area contributed by atoms with Crippen LogP contribution in [-0.4, -0.2) is 25.5 Å². The third-order valence-electron chi connectivity index (χ3n) is 4.36. The highest BCUT2D eigenvalue weighted by molar-refractivity contribution is 6.06. The number of esters is 1. The molecule has 1 aliphatic carbocycles. The van der Waals surface area contributed by atoms with E-state index in [9.17, 15) is 9.59 Å². The Morgan fingerprint density at radius 1 is 1.08 bits per heavy atom. The molecule has 0 aromatic heterocycles. The molecular weight excluding hydrogens is 304 g/mol. The fourth-order valence-corrected chi connectivity index (χ4v) is 3.13. The average molecular weight is 324 g/mol. The largest absolute Gasteiger partial charge is 0.497 e. The van der Waals surface area contributed by atoms with Crippen LogP contribution in [0.25, 0.3) is 11.1 Å². The lowest BCUT2D eigenvalue weighted by Gasteiger charge is -2.23. The lowest BCUT2D eigenvalue weighted by Crippen LogP contribution is -2.29. The number of methoxy groups -OCH3 is 1. The molecule has 0 fully saturated rings. The van der Waals surface area contributed by atoms with E-state index in [0.717, 1.165) is 28.0 Å². The molecule has 3 rings (SSSR count). The highest BCUT2D eigenvalue weighted by Crippen LogP contribution is 2.33. The molecule has 1 atom stereocenters. The highest BCUT2D eigenvalue weighted by atomic mass is 16.5. The van der Waals surface area contributed by atoms with Gasteiger partial charge in [-0.05, 0) is 47.7 Å². The Labute approximate surface area is 141 Å². The maximum Gasteiger partial charge on any atom is 0.321 e. The van der Waals surface area contributed by atoms with Crippen molar-refractivity contribution in [2.24, 2.45) is 0 Å². The Bertz CT molecular complexity index is 762. The van der Waals surface area contributed by atoms with Crippen LogP contribution >= 0.6 is 0 Å². The van der Waals surface area contributed by atoms with Crippen molar-refractivity contribution in [1.82, 2.24) is 0 Å². The number of carbonyl (C=O) groups is 2. The van der Waals surface area contributed by atoms with E-state index in [1.807, 2.05) is 36.4 Å². The molecule has 0 saturated carbocycles. The zero-order valence-electron chi connectivity index (χ0n) is 13.9. The molecule has 0 heterocycles. The summed E-state index contributed by atoms with van der Waals surface area (Å²) in [5.41, 5.74) is 3.96. The van der Waals surface area contributed by atoms with Gasteiger partial charge in [-0.25, -0.2) is 0 Å². The van der Waals surface area contributed by atoms with Crippen molar-refractivity contribution in [2.45, 2.75) is 25.7 Å². The van der Waals surface area contributed by atoms with Crippen LogP contribution in [0.15, 0.2) is 42.5 Å². The van der Waals surface area contributed by atoms with Gasteiger partial charge in [0.1, 0.15) is 11.7 Å². The van der Waals surface area contributed by atoms with E-state index < -0.39 is 11.9 Å². The zero-order chi connectivity index (χ0) is 17.1. The Kier molecular flexibility index (Phi) is 4.65. The molecule has 124 valence electrons. The van der Waals surface area contributed by atoms with Crippen LogP contribution in [0.4, 0.5) is 0 Å². The molecule has 0 spiro atoms. The number of hydrogen-bond acceptors (Lipinski definition) is 4. The topological polar surface area (TPSA) is 52.6 Å². The van der Waals surface area contributed by atoms with Gasteiger partial charge in [-0.3, -0.25) is 9.59 Å². The predicted molar refractivity (Wildman–Crippen MR) is 91.1 cm³/mol. The van der Waals surface area contributed by atoms with Crippen molar-refractivity contribution in [2.75, 3.05) is 13.7 Å². The summed E-state index contributed by atoms with van der Waals surface area (Å²) in [4.78, 5) is 24.3. The SMILES string of the molecule is CCOC(=O)C1C(=O)CCc2cc(-c3ccc(OC)cc3)ccc21. The second kappa shape index (κ2) is 6.87. The van der Waals surface area contributed by atoms with Gasteiger partial charge in [0.25, 0.3) is 0 Å². The van der Waals surface area contributed by atoms with Crippen LogP contribution in [0, 0.1) is 0 Å². The van der Waals surface area contributed by atoms with Gasteiger partial charge >= 0.3 is 5.97 Å². The molecule has 4 nitrogen and oxygen atoms in total. The summed E-state index contributed by atoms with van der Waals surface area (Å²) >= 11 is 0. The summed E-state index contributed by atoms with van der Waals surface area (Å²) in [5, 5.41) is 0. The van der Waals surface area contributed by atoms with Crippen molar-refractivity contribution in [3.8, 4) is 16.9 Å². The van der Waals surface area contributed by atoms with Gasteiger partial charge in [-0.2, -0.15) is 0 Å². The fourth-order valence-electron chi connectivity index (χ4n) is 3.13. The minimum Gasteiger partial charge on any atom is -0.497 e. The first-order valence-electron chi connectivity index (χ1n) is 8.10. The third-order valence-corrected chi connectivity index (χ3v) is 4.36. The van der Waals surface area contributed by atoms with Gasteiger partial charge in [-0.15, -0.1) is 0 Å². The molecule has 0 aliphatic heterocycles. The van der Waals surface area contributed by atoms with Gasteiger partial charge in [0, 0.05) is 6.42 Å². The van der Waals surface area contributed by atoms with Gasteiger partial charge in [0.15, 0.2) is 5.78 Å². The maximum absolute atomic E-state index is 12.2. The van der Waals surface area contributed by atoms with Gasteiger partial charge in [-0.1, -0.05) is 30.3 Å². The lowest BCUT2D eigenvalue weighted by atomic mass is 9.80. The highest BCUT2D eigenvalue weighted by Gasteiger charge is 2.34. The van der Waals surface area contributed by atoms with Gasteiger partial charge in [0.2, 0.25) is 0 Å². The van der Waals surface area contributed by atoms with Crippen molar-refractivity contribution in [3.05, 3.63) is 53.6 Å². The number of hydrogen-bond donors (Lipinski definition) is 0. The van der Waals surface area contributed by atoms with E-state index >= 15 is 0 Å². The smallest absolute Gasteiger partial charge is 0.321 e. The Hall–Kier alpha value is -2.62. The lowest BCUT2D eigenvalue weighted by molar-refractivity contribution is -0.148. The number of Topliss-reactive ketones (excluding diaryl/α,β-unsaturated/α-hetero) is 1. The summed E-state index contributed by atoms with van der Waals surface area (Å²) < 4.78 is 10.3. The quantitative estimate of drug-likeness (QED) is 0.638. The molecule has 24 heavy (non-hydrogen) atoms. The maximum atomic E-state index is 12.2. The Morgan fingerprint density at radius 3 is 2.46 bits per heavy atom. The molecule has 0 saturated heterocycles. The molecule has 0 bridgehead atoms. The molecule has 0 N–H and O–H groups in total. The number of aryl methyl sites for hydroxylation is 1. The first kappa shape index (κ1) is 16.2. The summed E-state index contributed by atoms with van der Waals surface area (Å²) in [7, 11) is 1.64. The Balaban J connectivity index is 1.95. The minimum absolute atomic E-state index is 0.0573.